The quantitative estimate of drug-likeness (QED) is 0.326. The monoisotopic (exact) mass is 579 g/mol. The van der Waals surface area contributed by atoms with Gasteiger partial charge in [-0.05, 0) is 37.1 Å². The van der Waals surface area contributed by atoms with Crippen LogP contribution in [0.4, 0.5) is 10.5 Å². The molecule has 0 aliphatic carbocycles. The Balaban J connectivity index is 0.980. The van der Waals surface area contributed by atoms with Crippen molar-refractivity contribution in [3.63, 3.8) is 0 Å². The summed E-state index contributed by atoms with van der Waals surface area (Å²) in [5, 5.41) is 1.77. The number of fused-ring (bicyclic) bond motifs is 2. The molecule has 3 aliphatic heterocycles. The fourth-order valence-corrected chi connectivity index (χ4v) is 6.66. The van der Waals surface area contributed by atoms with E-state index in [9.17, 15) is 9.59 Å². The van der Waals surface area contributed by atoms with Crippen LogP contribution < -0.4 is 9.64 Å². The zero-order valence-corrected chi connectivity index (χ0v) is 24.4. The van der Waals surface area contributed by atoms with Crippen LogP contribution in [0.25, 0.3) is 21.8 Å². The number of piperidine rings is 1. The van der Waals surface area contributed by atoms with Crippen molar-refractivity contribution in [3.8, 4) is 5.75 Å². The van der Waals surface area contributed by atoms with Gasteiger partial charge in [0.05, 0.1) is 29.8 Å². The van der Waals surface area contributed by atoms with Crippen LogP contribution in [0.5, 0.6) is 5.75 Å². The molecule has 9 heteroatoms. The van der Waals surface area contributed by atoms with E-state index in [0.29, 0.717) is 51.1 Å². The molecular formula is C34H37N5O4. The fourth-order valence-electron chi connectivity index (χ4n) is 6.66. The lowest BCUT2D eigenvalue weighted by molar-refractivity contribution is 0.00234. The van der Waals surface area contributed by atoms with E-state index in [1.807, 2.05) is 82.6 Å². The molecule has 0 saturated carbocycles. The lowest BCUT2D eigenvalue weighted by atomic mass is 10.0. The lowest BCUT2D eigenvalue weighted by Crippen LogP contribution is -2.50. The highest BCUT2D eigenvalue weighted by Crippen LogP contribution is 2.29. The van der Waals surface area contributed by atoms with Crippen molar-refractivity contribution < 1.29 is 19.1 Å². The molecule has 0 spiro atoms. The van der Waals surface area contributed by atoms with E-state index in [1.165, 1.54) is 0 Å². The largest absolute Gasteiger partial charge is 0.415 e. The van der Waals surface area contributed by atoms with Crippen LogP contribution in [-0.2, 0) is 4.74 Å². The van der Waals surface area contributed by atoms with Crippen LogP contribution in [0.3, 0.4) is 0 Å². The maximum absolute atomic E-state index is 13.9. The standard InChI is InChI=1S/C34H37N5O4/c40-33(32-28-8-1-3-10-30(28)35-31-11-4-2-9-29(31)32)38-18-16-36(17-19-38)26-6-5-7-27(24-26)43-34(41)39-14-12-25(13-15-39)37-20-22-42-23-21-37/h1-11,24-25H,12-23H2. The highest BCUT2D eigenvalue weighted by molar-refractivity contribution is 6.16. The minimum absolute atomic E-state index is 0.0366. The van der Waals surface area contributed by atoms with Crippen molar-refractivity contribution in [1.29, 1.82) is 0 Å². The minimum Gasteiger partial charge on any atom is -0.410 e. The molecule has 2 amide bonds. The SMILES string of the molecule is O=C(Oc1cccc(N2CCN(C(=O)c3c4ccccc4nc4ccccc34)CC2)c1)N1CCC(N2CCOCC2)CC1. The number of carbonyl (C=O) groups excluding carboxylic acids is 2. The summed E-state index contributed by atoms with van der Waals surface area (Å²) in [6.07, 6.45) is 1.64. The van der Waals surface area contributed by atoms with Crippen LogP contribution in [0.2, 0.25) is 0 Å². The third kappa shape index (κ3) is 5.75. The van der Waals surface area contributed by atoms with Crippen LogP contribution in [0, 0.1) is 0 Å². The second-order valence-corrected chi connectivity index (χ2v) is 11.5. The molecule has 9 nitrogen and oxygen atoms in total. The minimum atomic E-state index is -0.287. The average Bonchev–Trinajstić information content (AvgIpc) is 3.07. The van der Waals surface area contributed by atoms with Gasteiger partial charge < -0.3 is 24.2 Å². The molecule has 3 saturated heterocycles. The summed E-state index contributed by atoms with van der Waals surface area (Å²) in [4.78, 5) is 40.2. The predicted molar refractivity (Wildman–Crippen MR) is 167 cm³/mol. The molecule has 7 rings (SSSR count). The zero-order valence-electron chi connectivity index (χ0n) is 24.4. The molecule has 0 radical (unpaired) electrons. The Kier molecular flexibility index (Phi) is 7.82. The number of benzene rings is 3. The zero-order chi connectivity index (χ0) is 29.2. The number of carbonyl (C=O) groups is 2. The molecule has 222 valence electrons. The van der Waals surface area contributed by atoms with Gasteiger partial charge in [0.25, 0.3) is 5.91 Å². The maximum Gasteiger partial charge on any atom is 0.415 e. The topological polar surface area (TPSA) is 78.5 Å². The Morgan fingerprint density at radius 2 is 1.37 bits per heavy atom. The van der Waals surface area contributed by atoms with Crippen LogP contribution in [-0.4, -0.2) is 103 Å². The molecule has 43 heavy (non-hydrogen) atoms. The van der Waals surface area contributed by atoms with Crippen molar-refractivity contribution >= 4 is 39.5 Å². The first-order valence-corrected chi connectivity index (χ1v) is 15.3. The molecule has 4 heterocycles. The van der Waals surface area contributed by atoms with Gasteiger partial charge in [0.15, 0.2) is 0 Å². The molecule has 4 aromatic rings. The number of amides is 2. The van der Waals surface area contributed by atoms with Crippen molar-refractivity contribution in [1.82, 2.24) is 19.7 Å². The number of piperazine rings is 1. The number of hydrogen-bond acceptors (Lipinski definition) is 7. The van der Waals surface area contributed by atoms with E-state index in [2.05, 4.69) is 9.80 Å². The summed E-state index contributed by atoms with van der Waals surface area (Å²) < 4.78 is 11.3. The number of pyridine rings is 1. The van der Waals surface area contributed by atoms with Crippen molar-refractivity contribution in [2.24, 2.45) is 0 Å². The molecule has 3 aliphatic rings. The molecule has 1 aromatic heterocycles. The molecule has 3 fully saturated rings. The average molecular weight is 580 g/mol. The van der Waals surface area contributed by atoms with E-state index < -0.39 is 0 Å². The summed E-state index contributed by atoms with van der Waals surface area (Å²) in [7, 11) is 0. The molecule has 3 aromatic carbocycles. The first-order valence-electron chi connectivity index (χ1n) is 15.3. The Labute approximate surface area is 251 Å². The number of anilines is 1. The van der Waals surface area contributed by atoms with Crippen LogP contribution in [0.1, 0.15) is 23.2 Å². The Morgan fingerprint density at radius 3 is 2.05 bits per heavy atom. The third-order valence-corrected chi connectivity index (χ3v) is 9.04. The molecule has 0 unspecified atom stereocenters. The summed E-state index contributed by atoms with van der Waals surface area (Å²) in [5.41, 5.74) is 3.37. The summed E-state index contributed by atoms with van der Waals surface area (Å²) in [6.45, 7) is 7.54. The Morgan fingerprint density at radius 1 is 0.721 bits per heavy atom. The lowest BCUT2D eigenvalue weighted by Gasteiger charge is -2.39. The van der Waals surface area contributed by atoms with Crippen molar-refractivity contribution in [2.45, 2.75) is 18.9 Å². The smallest absolute Gasteiger partial charge is 0.410 e. The molecule has 0 bridgehead atoms. The van der Waals surface area contributed by atoms with Gasteiger partial charge in [-0.15, -0.1) is 0 Å². The Hall–Kier alpha value is -4.21. The van der Waals surface area contributed by atoms with E-state index in [0.717, 1.165) is 72.2 Å². The number of hydrogen-bond donors (Lipinski definition) is 0. The normalized spacial score (nSPS) is 18.7. The van der Waals surface area contributed by atoms with Gasteiger partial charge in [-0.3, -0.25) is 9.69 Å². The number of nitrogens with zero attached hydrogens (tertiary/aromatic N) is 5. The van der Waals surface area contributed by atoms with E-state index >= 15 is 0 Å². The highest BCUT2D eigenvalue weighted by atomic mass is 16.6. The molecular weight excluding hydrogens is 542 g/mol. The number of ether oxygens (including phenoxy) is 2. The van der Waals surface area contributed by atoms with Gasteiger partial charge in [-0.1, -0.05) is 42.5 Å². The number of likely N-dealkylation sites (tertiary alicyclic amines) is 1. The van der Waals surface area contributed by atoms with E-state index in [1.54, 1.807) is 0 Å². The van der Waals surface area contributed by atoms with Gasteiger partial charge in [0, 0.05) is 80.9 Å². The first-order chi connectivity index (χ1) is 21.1. The second-order valence-electron chi connectivity index (χ2n) is 11.5. The summed E-state index contributed by atoms with van der Waals surface area (Å²) in [6, 6.07) is 24.0. The highest BCUT2D eigenvalue weighted by Gasteiger charge is 2.29. The van der Waals surface area contributed by atoms with Crippen molar-refractivity contribution in [2.75, 3.05) is 70.5 Å². The van der Waals surface area contributed by atoms with E-state index in [-0.39, 0.29) is 12.0 Å². The summed E-state index contributed by atoms with van der Waals surface area (Å²) in [5.74, 6) is 0.584. The van der Waals surface area contributed by atoms with Gasteiger partial charge in [-0.25, -0.2) is 9.78 Å². The number of aromatic nitrogens is 1. The molecule has 0 atom stereocenters. The number of morpholine rings is 1. The van der Waals surface area contributed by atoms with Gasteiger partial charge in [0.2, 0.25) is 0 Å². The third-order valence-electron chi connectivity index (χ3n) is 9.04. The van der Waals surface area contributed by atoms with Crippen LogP contribution in [0.15, 0.2) is 72.8 Å². The predicted octanol–water partition coefficient (Wildman–Crippen LogP) is 4.65. The van der Waals surface area contributed by atoms with Gasteiger partial charge in [0.1, 0.15) is 5.75 Å². The number of rotatable bonds is 4. The van der Waals surface area contributed by atoms with Gasteiger partial charge >= 0.3 is 6.09 Å². The van der Waals surface area contributed by atoms with Crippen molar-refractivity contribution in [3.05, 3.63) is 78.4 Å². The van der Waals surface area contributed by atoms with E-state index in [4.69, 9.17) is 14.5 Å². The number of para-hydroxylation sites is 2. The second kappa shape index (κ2) is 12.2. The maximum atomic E-state index is 13.9. The Bertz CT molecular complexity index is 1570. The summed E-state index contributed by atoms with van der Waals surface area (Å²) >= 11 is 0. The van der Waals surface area contributed by atoms with Crippen LogP contribution >= 0.6 is 0 Å². The first kappa shape index (κ1) is 27.6. The molecule has 0 N–H and O–H groups in total. The fraction of sp³-hybridized carbons (Fsp3) is 0.382. The van der Waals surface area contributed by atoms with Gasteiger partial charge in [-0.2, -0.15) is 0 Å².